The summed E-state index contributed by atoms with van der Waals surface area (Å²) in [6.45, 7) is 0. The number of hydrogen-bond donors (Lipinski definition) is 2. The molecule has 5 nitrogen and oxygen atoms in total. The maximum Gasteiger partial charge on any atom is 0.163 e. The Balaban J connectivity index is 1.55. The standard InChI is InChI=1S/C28H29N3O2/c1-31(2)21-12-8-19(9-13-21)28-27-25(29-23-6-4-5-7-24(23)30-28)16-20(17-26(27)32)18-10-14-22(33-3)15-11-18/h4-15,20,28-30H,16-17H2,1-3H3/t20-,28-/m0/s1. The Hall–Kier alpha value is -3.73. The summed E-state index contributed by atoms with van der Waals surface area (Å²) >= 11 is 0. The average molecular weight is 440 g/mol. The molecule has 5 rings (SSSR count). The van der Waals surface area contributed by atoms with Crippen LogP contribution in [0.25, 0.3) is 0 Å². The average Bonchev–Trinajstić information content (AvgIpc) is 3.01. The first-order valence-corrected chi connectivity index (χ1v) is 11.3. The Bertz CT molecular complexity index is 1200. The molecule has 0 bridgehead atoms. The first-order chi connectivity index (χ1) is 16.0. The lowest BCUT2D eigenvalue weighted by Gasteiger charge is -2.30. The molecule has 2 aliphatic rings. The second-order valence-electron chi connectivity index (χ2n) is 8.93. The van der Waals surface area contributed by atoms with Crippen molar-refractivity contribution in [1.29, 1.82) is 0 Å². The van der Waals surface area contributed by atoms with Crippen LogP contribution in [0.15, 0.2) is 84.1 Å². The van der Waals surface area contributed by atoms with Crippen LogP contribution in [-0.4, -0.2) is 27.0 Å². The van der Waals surface area contributed by atoms with Crippen molar-refractivity contribution in [2.24, 2.45) is 0 Å². The number of ketones is 1. The monoisotopic (exact) mass is 439 g/mol. The van der Waals surface area contributed by atoms with Gasteiger partial charge in [0.2, 0.25) is 0 Å². The van der Waals surface area contributed by atoms with Crippen LogP contribution in [0.3, 0.4) is 0 Å². The predicted octanol–water partition coefficient (Wildman–Crippen LogP) is 5.74. The van der Waals surface area contributed by atoms with E-state index in [-0.39, 0.29) is 17.7 Å². The van der Waals surface area contributed by atoms with Crippen molar-refractivity contribution >= 4 is 22.8 Å². The molecule has 0 saturated heterocycles. The van der Waals surface area contributed by atoms with Gasteiger partial charge in [-0.25, -0.2) is 0 Å². The van der Waals surface area contributed by atoms with Gasteiger partial charge in [0, 0.05) is 37.5 Å². The van der Waals surface area contributed by atoms with Crippen molar-refractivity contribution in [2.75, 3.05) is 36.7 Å². The molecule has 0 fully saturated rings. The van der Waals surface area contributed by atoms with Crippen LogP contribution in [0.1, 0.15) is 35.9 Å². The number of carbonyl (C=O) groups is 1. The van der Waals surface area contributed by atoms with Gasteiger partial charge >= 0.3 is 0 Å². The van der Waals surface area contributed by atoms with E-state index in [1.807, 2.05) is 38.4 Å². The van der Waals surface area contributed by atoms with E-state index < -0.39 is 0 Å². The summed E-state index contributed by atoms with van der Waals surface area (Å²) in [5.74, 6) is 1.15. The smallest absolute Gasteiger partial charge is 0.163 e. The number of hydrogen-bond acceptors (Lipinski definition) is 5. The molecule has 0 amide bonds. The molecule has 1 aliphatic carbocycles. The molecule has 3 aromatic rings. The number of methoxy groups -OCH3 is 1. The van der Waals surface area contributed by atoms with Gasteiger partial charge in [-0.1, -0.05) is 36.4 Å². The second kappa shape index (κ2) is 8.66. The van der Waals surface area contributed by atoms with Crippen LogP contribution in [0, 0.1) is 0 Å². The van der Waals surface area contributed by atoms with E-state index in [9.17, 15) is 4.79 Å². The molecule has 1 aliphatic heterocycles. The van der Waals surface area contributed by atoms with E-state index in [0.29, 0.717) is 6.42 Å². The van der Waals surface area contributed by atoms with E-state index in [0.717, 1.165) is 51.6 Å². The highest BCUT2D eigenvalue weighted by molar-refractivity contribution is 6.01. The Morgan fingerprint density at radius 2 is 1.52 bits per heavy atom. The molecule has 33 heavy (non-hydrogen) atoms. The molecule has 0 saturated carbocycles. The number of nitrogens with zero attached hydrogens (tertiary/aromatic N) is 1. The number of nitrogens with one attached hydrogen (secondary N) is 2. The zero-order valence-corrected chi connectivity index (χ0v) is 19.3. The molecule has 3 aromatic carbocycles. The summed E-state index contributed by atoms with van der Waals surface area (Å²) in [4.78, 5) is 15.7. The normalized spacial score (nSPS) is 19.5. The molecular formula is C28H29N3O2. The van der Waals surface area contributed by atoms with Gasteiger partial charge in [-0.05, 0) is 59.9 Å². The van der Waals surface area contributed by atoms with Gasteiger partial charge in [0.1, 0.15) is 5.75 Å². The molecule has 168 valence electrons. The lowest BCUT2D eigenvalue weighted by atomic mass is 9.78. The number of anilines is 3. The number of Topliss-reactive ketones (excluding diaryl/α,β-unsaturated/α-hetero) is 1. The van der Waals surface area contributed by atoms with Crippen molar-refractivity contribution in [1.82, 2.24) is 0 Å². The van der Waals surface area contributed by atoms with Crippen LogP contribution in [-0.2, 0) is 4.79 Å². The fraction of sp³-hybridized carbons (Fsp3) is 0.250. The summed E-state index contributed by atoms with van der Waals surface area (Å²) in [6, 6.07) is 24.5. The number of rotatable bonds is 4. The molecule has 0 unspecified atom stereocenters. The van der Waals surface area contributed by atoms with E-state index in [1.165, 1.54) is 0 Å². The van der Waals surface area contributed by atoms with Gasteiger partial charge in [0.25, 0.3) is 0 Å². The van der Waals surface area contributed by atoms with Crippen molar-refractivity contribution in [2.45, 2.75) is 24.8 Å². The first kappa shape index (κ1) is 21.1. The van der Waals surface area contributed by atoms with E-state index in [1.54, 1.807) is 7.11 Å². The third-order valence-electron chi connectivity index (χ3n) is 6.64. The lowest BCUT2D eigenvalue weighted by molar-refractivity contribution is -0.116. The summed E-state index contributed by atoms with van der Waals surface area (Å²) in [5, 5.41) is 7.26. The molecule has 2 N–H and O–H groups in total. The maximum atomic E-state index is 13.6. The van der Waals surface area contributed by atoms with Gasteiger partial charge in [0.05, 0.1) is 24.5 Å². The van der Waals surface area contributed by atoms with Gasteiger partial charge in [-0.3, -0.25) is 4.79 Å². The first-order valence-electron chi connectivity index (χ1n) is 11.3. The largest absolute Gasteiger partial charge is 0.497 e. The van der Waals surface area contributed by atoms with Crippen molar-refractivity contribution < 1.29 is 9.53 Å². The van der Waals surface area contributed by atoms with E-state index in [2.05, 4.69) is 64.1 Å². The van der Waals surface area contributed by atoms with Gasteiger partial charge < -0.3 is 20.3 Å². The van der Waals surface area contributed by atoms with Crippen molar-refractivity contribution in [3.8, 4) is 5.75 Å². The fourth-order valence-electron chi connectivity index (χ4n) is 4.82. The third-order valence-corrected chi connectivity index (χ3v) is 6.64. The zero-order valence-electron chi connectivity index (χ0n) is 19.3. The lowest BCUT2D eigenvalue weighted by Crippen LogP contribution is -2.26. The molecule has 0 radical (unpaired) electrons. The van der Waals surface area contributed by atoms with Crippen molar-refractivity contribution in [3.63, 3.8) is 0 Å². The van der Waals surface area contributed by atoms with Crippen LogP contribution in [0.4, 0.5) is 17.1 Å². The number of allylic oxidation sites excluding steroid dienone is 1. The van der Waals surface area contributed by atoms with Gasteiger partial charge in [0.15, 0.2) is 5.78 Å². The van der Waals surface area contributed by atoms with Crippen molar-refractivity contribution in [3.05, 3.63) is 95.2 Å². The quantitative estimate of drug-likeness (QED) is 0.543. The number of fused-ring (bicyclic) bond motifs is 1. The summed E-state index contributed by atoms with van der Waals surface area (Å²) in [6.07, 6.45) is 1.28. The molecule has 0 aromatic heterocycles. The molecular weight excluding hydrogens is 410 g/mol. The van der Waals surface area contributed by atoms with Crippen LogP contribution < -0.4 is 20.3 Å². The van der Waals surface area contributed by atoms with E-state index >= 15 is 0 Å². The highest BCUT2D eigenvalue weighted by atomic mass is 16.5. The third kappa shape index (κ3) is 4.07. The Kier molecular flexibility index (Phi) is 5.55. The molecule has 2 atom stereocenters. The molecule has 0 spiro atoms. The number of carbonyl (C=O) groups excluding carboxylic acids is 1. The molecule has 1 heterocycles. The summed E-state index contributed by atoms with van der Waals surface area (Å²) < 4.78 is 5.31. The van der Waals surface area contributed by atoms with Crippen LogP contribution in [0.5, 0.6) is 5.75 Å². The predicted molar refractivity (Wildman–Crippen MR) is 134 cm³/mol. The Morgan fingerprint density at radius 3 is 2.18 bits per heavy atom. The number of benzene rings is 3. The number of para-hydroxylation sites is 2. The summed E-state index contributed by atoms with van der Waals surface area (Å²) in [5.41, 5.74) is 7.23. The van der Waals surface area contributed by atoms with Crippen LogP contribution in [0.2, 0.25) is 0 Å². The molecule has 5 heteroatoms. The van der Waals surface area contributed by atoms with Gasteiger partial charge in [-0.2, -0.15) is 0 Å². The highest BCUT2D eigenvalue weighted by Gasteiger charge is 2.36. The highest BCUT2D eigenvalue weighted by Crippen LogP contribution is 2.44. The SMILES string of the molecule is COc1ccc([C@@H]2CC(=O)C3=C(C2)Nc2ccccc2N[C@H]3c2ccc(N(C)C)cc2)cc1. The topological polar surface area (TPSA) is 53.6 Å². The number of ether oxygens (including phenoxy) is 1. The Labute approximate surface area is 195 Å². The zero-order chi connectivity index (χ0) is 22.9. The maximum absolute atomic E-state index is 13.6. The van der Waals surface area contributed by atoms with E-state index in [4.69, 9.17) is 4.74 Å². The van der Waals surface area contributed by atoms with Crippen LogP contribution >= 0.6 is 0 Å². The summed E-state index contributed by atoms with van der Waals surface area (Å²) in [7, 11) is 5.73. The fourth-order valence-corrected chi connectivity index (χ4v) is 4.82. The minimum Gasteiger partial charge on any atom is -0.497 e. The Morgan fingerprint density at radius 1 is 0.848 bits per heavy atom. The minimum absolute atomic E-state index is 0.136. The second-order valence-corrected chi connectivity index (χ2v) is 8.93. The minimum atomic E-state index is -0.198. The van der Waals surface area contributed by atoms with Gasteiger partial charge in [-0.15, -0.1) is 0 Å².